The van der Waals surface area contributed by atoms with Crippen LogP contribution in [0.3, 0.4) is 0 Å². The molecule has 0 saturated carbocycles. The number of nitrogens with two attached hydrogens (primary N) is 1. The highest BCUT2D eigenvalue weighted by atomic mass is 19.1. The highest BCUT2D eigenvalue weighted by Crippen LogP contribution is 2.22. The van der Waals surface area contributed by atoms with E-state index in [9.17, 15) is 14.0 Å². The fourth-order valence-electron chi connectivity index (χ4n) is 2.99. The zero-order chi connectivity index (χ0) is 20.5. The van der Waals surface area contributed by atoms with Gasteiger partial charge in [0.1, 0.15) is 11.9 Å². The summed E-state index contributed by atoms with van der Waals surface area (Å²) in [7, 11) is 0. The summed E-state index contributed by atoms with van der Waals surface area (Å²) in [5, 5.41) is 7.51. The highest BCUT2D eigenvalue weighted by Gasteiger charge is 2.32. The van der Waals surface area contributed by atoms with Crippen LogP contribution >= 0.6 is 0 Å². The van der Waals surface area contributed by atoms with Crippen molar-refractivity contribution >= 4 is 22.8 Å². The zero-order valence-corrected chi connectivity index (χ0v) is 15.9. The Morgan fingerprint density at radius 1 is 1.21 bits per heavy atom. The second kappa shape index (κ2) is 7.38. The van der Waals surface area contributed by atoms with Gasteiger partial charge in [-0.2, -0.15) is 5.10 Å². The number of pyridine rings is 1. The Bertz CT molecular complexity index is 1040. The van der Waals surface area contributed by atoms with Crippen molar-refractivity contribution in [1.29, 1.82) is 0 Å². The third kappa shape index (κ3) is 3.85. The van der Waals surface area contributed by atoms with Crippen molar-refractivity contribution in [3.05, 3.63) is 59.7 Å². The lowest BCUT2D eigenvalue weighted by Gasteiger charge is -2.28. The molecular weight excluding hydrogens is 361 g/mol. The number of nitrogens with zero attached hydrogens (tertiary/aromatic N) is 3. The summed E-state index contributed by atoms with van der Waals surface area (Å²) in [4.78, 5) is 28.9. The third-order valence-corrected chi connectivity index (χ3v) is 4.43. The smallest absolute Gasteiger partial charge is 0.273 e. The maximum absolute atomic E-state index is 14.0. The van der Waals surface area contributed by atoms with E-state index in [0.29, 0.717) is 16.6 Å². The normalized spacial score (nSPS) is 12.7. The summed E-state index contributed by atoms with van der Waals surface area (Å²) in [6.07, 6.45) is 1.57. The first-order valence-electron chi connectivity index (χ1n) is 8.83. The Morgan fingerprint density at radius 3 is 2.57 bits per heavy atom. The van der Waals surface area contributed by atoms with Gasteiger partial charge in [-0.25, -0.2) is 14.1 Å². The predicted molar refractivity (Wildman–Crippen MR) is 103 cm³/mol. The van der Waals surface area contributed by atoms with E-state index >= 15 is 0 Å². The molecule has 146 valence electrons. The molecule has 0 unspecified atom stereocenters. The first kappa shape index (κ1) is 19.5. The lowest BCUT2D eigenvalue weighted by molar-refractivity contribution is -0.122. The molecular formula is C20H22FN5O2. The van der Waals surface area contributed by atoms with Crippen molar-refractivity contribution < 1.29 is 14.0 Å². The Hall–Kier alpha value is -3.29. The molecule has 0 aliphatic heterocycles. The van der Waals surface area contributed by atoms with Crippen LogP contribution in [0.2, 0.25) is 0 Å². The average molecular weight is 383 g/mol. The van der Waals surface area contributed by atoms with Gasteiger partial charge in [-0.3, -0.25) is 9.59 Å². The van der Waals surface area contributed by atoms with Crippen molar-refractivity contribution in [3.63, 3.8) is 0 Å². The molecule has 2 aromatic heterocycles. The summed E-state index contributed by atoms with van der Waals surface area (Å²) >= 11 is 0. The maximum atomic E-state index is 14.0. The number of hydrogen-bond acceptors (Lipinski definition) is 4. The van der Waals surface area contributed by atoms with Crippen LogP contribution in [-0.4, -0.2) is 32.6 Å². The molecule has 3 N–H and O–H groups in total. The second-order valence-electron chi connectivity index (χ2n) is 7.65. The summed E-state index contributed by atoms with van der Waals surface area (Å²) in [5.74, 6) is -1.53. The number of aromatic nitrogens is 3. The molecule has 3 aromatic rings. The molecule has 2 amide bonds. The standard InChI is InChI=1S/C20H22FN5O2/c1-20(2,3)16(17(22)27)24-19(28)15-13-8-6-10-23-18(13)26(25-15)11-12-7-4-5-9-14(12)21/h4-10,16H,11H2,1-3H3,(H2,22,27)(H,24,28)/t16-/m1/s1. The molecule has 2 heterocycles. The number of fused-ring (bicyclic) bond motifs is 1. The van der Waals surface area contributed by atoms with Crippen LogP contribution in [0.15, 0.2) is 42.6 Å². The Morgan fingerprint density at radius 2 is 1.93 bits per heavy atom. The van der Waals surface area contributed by atoms with E-state index in [-0.39, 0.29) is 18.1 Å². The molecule has 3 rings (SSSR count). The van der Waals surface area contributed by atoms with Gasteiger partial charge in [0.15, 0.2) is 11.3 Å². The van der Waals surface area contributed by atoms with E-state index in [1.54, 1.807) is 57.3 Å². The van der Waals surface area contributed by atoms with Crippen LogP contribution in [0, 0.1) is 11.2 Å². The van der Waals surface area contributed by atoms with E-state index in [1.807, 2.05) is 0 Å². The summed E-state index contributed by atoms with van der Waals surface area (Å²) in [6.45, 7) is 5.53. The lowest BCUT2D eigenvalue weighted by atomic mass is 9.86. The molecule has 0 aliphatic carbocycles. The van der Waals surface area contributed by atoms with Crippen molar-refractivity contribution in [2.45, 2.75) is 33.4 Å². The average Bonchev–Trinajstić information content (AvgIpc) is 2.99. The van der Waals surface area contributed by atoms with E-state index in [0.717, 1.165) is 0 Å². The van der Waals surface area contributed by atoms with Crippen molar-refractivity contribution in [3.8, 4) is 0 Å². The van der Waals surface area contributed by atoms with Crippen LogP contribution in [0.4, 0.5) is 4.39 Å². The quantitative estimate of drug-likeness (QED) is 0.705. The molecule has 0 saturated heterocycles. The topological polar surface area (TPSA) is 103 Å². The Labute approximate surface area is 161 Å². The number of benzene rings is 1. The number of halogens is 1. The SMILES string of the molecule is CC(C)(C)[C@H](NC(=O)c1nn(Cc2ccccc2F)c2ncccc12)C(N)=O. The molecule has 7 nitrogen and oxygen atoms in total. The Kier molecular flexibility index (Phi) is 5.13. The fourth-order valence-corrected chi connectivity index (χ4v) is 2.99. The van der Waals surface area contributed by atoms with Crippen LogP contribution in [0.1, 0.15) is 36.8 Å². The molecule has 0 radical (unpaired) electrons. The minimum absolute atomic E-state index is 0.106. The van der Waals surface area contributed by atoms with E-state index in [2.05, 4.69) is 15.4 Å². The van der Waals surface area contributed by atoms with Crippen LogP contribution in [-0.2, 0) is 11.3 Å². The lowest BCUT2D eigenvalue weighted by Crippen LogP contribution is -2.52. The predicted octanol–water partition coefficient (Wildman–Crippen LogP) is 2.25. The molecule has 0 bridgehead atoms. The monoisotopic (exact) mass is 383 g/mol. The van der Waals surface area contributed by atoms with Gasteiger partial charge < -0.3 is 11.1 Å². The van der Waals surface area contributed by atoms with Gasteiger partial charge in [-0.05, 0) is 23.6 Å². The third-order valence-electron chi connectivity index (χ3n) is 4.43. The largest absolute Gasteiger partial charge is 0.368 e. The molecule has 28 heavy (non-hydrogen) atoms. The van der Waals surface area contributed by atoms with Gasteiger partial charge in [0.05, 0.1) is 11.9 Å². The van der Waals surface area contributed by atoms with Gasteiger partial charge in [0, 0.05) is 11.8 Å². The van der Waals surface area contributed by atoms with E-state index < -0.39 is 23.3 Å². The summed E-state index contributed by atoms with van der Waals surface area (Å²) < 4.78 is 15.5. The van der Waals surface area contributed by atoms with E-state index in [4.69, 9.17) is 5.73 Å². The van der Waals surface area contributed by atoms with Crippen molar-refractivity contribution in [2.75, 3.05) is 0 Å². The number of nitrogens with one attached hydrogen (secondary N) is 1. The van der Waals surface area contributed by atoms with E-state index in [1.165, 1.54) is 10.7 Å². The van der Waals surface area contributed by atoms with Gasteiger partial charge in [0.2, 0.25) is 5.91 Å². The molecule has 1 atom stereocenters. The van der Waals surface area contributed by atoms with Crippen LogP contribution < -0.4 is 11.1 Å². The zero-order valence-electron chi connectivity index (χ0n) is 15.9. The van der Waals surface area contributed by atoms with Gasteiger partial charge in [0.25, 0.3) is 5.91 Å². The minimum Gasteiger partial charge on any atom is -0.368 e. The molecule has 1 aromatic carbocycles. The first-order chi connectivity index (χ1) is 13.2. The van der Waals surface area contributed by atoms with Crippen LogP contribution in [0.5, 0.6) is 0 Å². The number of amides is 2. The summed E-state index contributed by atoms with van der Waals surface area (Å²) in [5.41, 5.74) is 5.87. The first-order valence-corrected chi connectivity index (χ1v) is 8.83. The number of hydrogen-bond donors (Lipinski definition) is 2. The van der Waals surface area contributed by atoms with Crippen LogP contribution in [0.25, 0.3) is 11.0 Å². The fraction of sp³-hybridized carbons (Fsp3) is 0.300. The Balaban J connectivity index is 1.99. The minimum atomic E-state index is -0.872. The number of carbonyl (C=O) groups is 2. The molecule has 0 aliphatic rings. The van der Waals surface area contributed by atoms with Gasteiger partial charge in [-0.1, -0.05) is 39.0 Å². The number of primary amides is 1. The summed E-state index contributed by atoms with van der Waals surface area (Å²) in [6, 6.07) is 8.86. The maximum Gasteiger partial charge on any atom is 0.273 e. The van der Waals surface area contributed by atoms with Crippen molar-refractivity contribution in [1.82, 2.24) is 20.1 Å². The molecule has 0 fully saturated rings. The van der Waals surface area contributed by atoms with Crippen molar-refractivity contribution in [2.24, 2.45) is 11.1 Å². The highest BCUT2D eigenvalue weighted by molar-refractivity contribution is 6.05. The molecule has 0 spiro atoms. The second-order valence-corrected chi connectivity index (χ2v) is 7.65. The number of rotatable bonds is 5. The number of carbonyl (C=O) groups excluding carboxylic acids is 2. The molecule has 8 heteroatoms. The van der Waals surface area contributed by atoms with Gasteiger partial charge in [-0.15, -0.1) is 0 Å². The van der Waals surface area contributed by atoms with Gasteiger partial charge >= 0.3 is 0 Å².